The Morgan fingerprint density at radius 2 is 1.90 bits per heavy atom. The number of ether oxygens (including phenoxy) is 1. The van der Waals surface area contributed by atoms with Gasteiger partial charge in [-0.2, -0.15) is 0 Å². The number of carbonyl (C=O) groups excluding carboxylic acids is 1. The van der Waals surface area contributed by atoms with Crippen molar-refractivity contribution in [3.63, 3.8) is 0 Å². The van der Waals surface area contributed by atoms with E-state index in [9.17, 15) is 13.2 Å². The van der Waals surface area contributed by atoms with Crippen LogP contribution in [0, 0.1) is 0 Å². The molecule has 21 heavy (non-hydrogen) atoms. The average Bonchev–Trinajstić information content (AvgIpc) is 2.38. The molecule has 1 aromatic rings. The minimum absolute atomic E-state index is 0.151. The van der Waals surface area contributed by atoms with Crippen LogP contribution in [-0.4, -0.2) is 32.8 Å². The second-order valence-corrected chi connectivity index (χ2v) is 7.54. The molecule has 0 saturated carbocycles. The zero-order valence-corrected chi connectivity index (χ0v) is 14.3. The van der Waals surface area contributed by atoms with Gasteiger partial charge in [-0.05, 0) is 39.0 Å². The maximum Gasteiger partial charge on any atom is 0.327 e. The highest BCUT2D eigenvalue weighted by Gasteiger charge is 2.25. The van der Waals surface area contributed by atoms with Crippen molar-refractivity contribution < 1.29 is 17.9 Å². The van der Waals surface area contributed by atoms with Crippen molar-refractivity contribution in [1.82, 2.24) is 0 Å². The highest BCUT2D eigenvalue weighted by molar-refractivity contribution is 7.92. The Labute approximate surface area is 134 Å². The SMILES string of the molecule is CCS(=O)(=O)N(CC(=O)OC(C)C)c1ccc(Cl)c(Cl)c1. The van der Waals surface area contributed by atoms with Gasteiger partial charge in [-0.3, -0.25) is 9.10 Å². The molecular weight excluding hydrogens is 337 g/mol. The van der Waals surface area contributed by atoms with Crippen LogP contribution in [0.4, 0.5) is 5.69 Å². The third-order valence-corrected chi connectivity index (χ3v) is 5.01. The summed E-state index contributed by atoms with van der Waals surface area (Å²) < 4.78 is 30.3. The van der Waals surface area contributed by atoms with Crippen molar-refractivity contribution in [2.75, 3.05) is 16.6 Å². The molecular formula is C13H17Cl2NO4S. The van der Waals surface area contributed by atoms with Gasteiger partial charge in [0.05, 0.1) is 27.6 Å². The lowest BCUT2D eigenvalue weighted by molar-refractivity contribution is -0.145. The normalized spacial score (nSPS) is 11.5. The van der Waals surface area contributed by atoms with E-state index >= 15 is 0 Å². The smallest absolute Gasteiger partial charge is 0.327 e. The standard InChI is InChI=1S/C13H17Cl2NO4S/c1-4-21(18,19)16(8-13(17)20-9(2)3)10-5-6-11(14)12(15)7-10/h5-7,9H,4,8H2,1-3H3. The minimum atomic E-state index is -3.64. The van der Waals surface area contributed by atoms with Gasteiger partial charge < -0.3 is 4.74 Å². The molecule has 0 radical (unpaired) electrons. The predicted octanol–water partition coefficient (Wildman–Crippen LogP) is 3.10. The van der Waals surface area contributed by atoms with E-state index in [-0.39, 0.29) is 22.6 Å². The van der Waals surface area contributed by atoms with Crippen LogP contribution in [0.5, 0.6) is 0 Å². The quantitative estimate of drug-likeness (QED) is 0.737. The Bertz CT molecular complexity index is 617. The van der Waals surface area contributed by atoms with E-state index in [1.165, 1.54) is 25.1 Å². The summed E-state index contributed by atoms with van der Waals surface area (Å²) in [4.78, 5) is 11.8. The molecule has 118 valence electrons. The maximum atomic E-state index is 12.2. The molecule has 0 spiro atoms. The third-order valence-electron chi connectivity index (χ3n) is 2.53. The average molecular weight is 354 g/mol. The van der Waals surface area contributed by atoms with Gasteiger partial charge in [-0.15, -0.1) is 0 Å². The van der Waals surface area contributed by atoms with Gasteiger partial charge in [0.25, 0.3) is 0 Å². The van der Waals surface area contributed by atoms with Crippen LogP contribution in [0.25, 0.3) is 0 Å². The molecule has 0 bridgehead atoms. The highest BCUT2D eigenvalue weighted by Crippen LogP contribution is 2.28. The maximum absolute atomic E-state index is 12.2. The Hall–Kier alpha value is -0.980. The first-order valence-corrected chi connectivity index (χ1v) is 8.68. The lowest BCUT2D eigenvalue weighted by Crippen LogP contribution is -2.38. The van der Waals surface area contributed by atoms with Crippen LogP contribution in [-0.2, 0) is 19.6 Å². The molecule has 0 amide bonds. The Morgan fingerprint density at radius 1 is 1.29 bits per heavy atom. The Kier molecular flexibility index (Phi) is 6.31. The number of nitrogens with zero attached hydrogens (tertiary/aromatic N) is 1. The Morgan fingerprint density at radius 3 is 2.38 bits per heavy atom. The molecule has 0 fully saturated rings. The number of rotatable bonds is 6. The summed E-state index contributed by atoms with van der Waals surface area (Å²) in [6, 6.07) is 4.37. The number of hydrogen-bond acceptors (Lipinski definition) is 4. The molecule has 1 rings (SSSR count). The van der Waals surface area contributed by atoms with Gasteiger partial charge in [0.2, 0.25) is 10.0 Å². The van der Waals surface area contributed by atoms with Crippen LogP contribution in [0.3, 0.4) is 0 Å². The first kappa shape index (κ1) is 18.1. The fourth-order valence-electron chi connectivity index (χ4n) is 1.56. The van der Waals surface area contributed by atoms with Gasteiger partial charge in [0, 0.05) is 0 Å². The summed E-state index contributed by atoms with van der Waals surface area (Å²) in [5.41, 5.74) is 0.270. The van der Waals surface area contributed by atoms with Crippen molar-refractivity contribution in [2.45, 2.75) is 26.9 Å². The molecule has 0 heterocycles. The predicted molar refractivity (Wildman–Crippen MR) is 84.5 cm³/mol. The first-order valence-electron chi connectivity index (χ1n) is 6.32. The van der Waals surface area contributed by atoms with Gasteiger partial charge >= 0.3 is 5.97 Å². The molecule has 0 aliphatic carbocycles. The van der Waals surface area contributed by atoms with Crippen LogP contribution < -0.4 is 4.31 Å². The van der Waals surface area contributed by atoms with Gasteiger partial charge in [0.1, 0.15) is 6.54 Å². The Balaban J connectivity index is 3.14. The summed E-state index contributed by atoms with van der Waals surface area (Å²) in [5.74, 6) is -0.782. The van der Waals surface area contributed by atoms with Crippen molar-refractivity contribution >= 4 is 44.9 Å². The molecule has 0 aliphatic heterocycles. The lowest BCUT2D eigenvalue weighted by Gasteiger charge is -2.23. The summed E-state index contributed by atoms with van der Waals surface area (Å²) in [6.07, 6.45) is -0.322. The van der Waals surface area contributed by atoms with E-state index < -0.39 is 22.5 Å². The molecule has 1 aromatic carbocycles. The monoisotopic (exact) mass is 353 g/mol. The fraction of sp³-hybridized carbons (Fsp3) is 0.462. The molecule has 8 heteroatoms. The molecule has 0 N–H and O–H groups in total. The summed E-state index contributed by atoms with van der Waals surface area (Å²) in [6.45, 7) is 4.46. The van der Waals surface area contributed by atoms with E-state index in [4.69, 9.17) is 27.9 Å². The third kappa shape index (κ3) is 5.05. The summed E-state index contributed by atoms with van der Waals surface area (Å²) in [7, 11) is -3.64. The first-order chi connectivity index (χ1) is 9.67. The van der Waals surface area contributed by atoms with Crippen LogP contribution in [0.2, 0.25) is 10.0 Å². The topological polar surface area (TPSA) is 63.7 Å². The zero-order chi connectivity index (χ0) is 16.2. The second-order valence-electron chi connectivity index (χ2n) is 4.54. The number of anilines is 1. The number of sulfonamides is 1. The van der Waals surface area contributed by atoms with Crippen molar-refractivity contribution in [2.24, 2.45) is 0 Å². The molecule has 0 unspecified atom stereocenters. The highest BCUT2D eigenvalue weighted by atomic mass is 35.5. The number of halogens is 2. The van der Waals surface area contributed by atoms with Gasteiger partial charge in [0.15, 0.2) is 0 Å². The summed E-state index contributed by atoms with van der Waals surface area (Å²) >= 11 is 11.7. The van der Waals surface area contributed by atoms with Crippen molar-refractivity contribution in [1.29, 1.82) is 0 Å². The molecule has 0 saturated heterocycles. The lowest BCUT2D eigenvalue weighted by atomic mass is 10.3. The zero-order valence-electron chi connectivity index (χ0n) is 12.0. The molecule has 0 aromatic heterocycles. The summed E-state index contributed by atoms with van der Waals surface area (Å²) in [5, 5.41) is 0.515. The van der Waals surface area contributed by atoms with Crippen molar-refractivity contribution in [3.05, 3.63) is 28.2 Å². The van der Waals surface area contributed by atoms with Crippen molar-refractivity contribution in [3.8, 4) is 0 Å². The van der Waals surface area contributed by atoms with E-state index in [1.54, 1.807) is 13.8 Å². The van der Waals surface area contributed by atoms with Crippen LogP contribution >= 0.6 is 23.2 Å². The minimum Gasteiger partial charge on any atom is -0.462 e. The van der Waals surface area contributed by atoms with Gasteiger partial charge in [-0.1, -0.05) is 23.2 Å². The number of hydrogen-bond donors (Lipinski definition) is 0. The number of benzene rings is 1. The van der Waals surface area contributed by atoms with E-state index in [0.717, 1.165) is 4.31 Å². The second kappa shape index (κ2) is 7.33. The van der Waals surface area contributed by atoms with Crippen LogP contribution in [0.1, 0.15) is 20.8 Å². The largest absolute Gasteiger partial charge is 0.462 e. The molecule has 0 atom stereocenters. The van der Waals surface area contributed by atoms with Crippen LogP contribution in [0.15, 0.2) is 18.2 Å². The van der Waals surface area contributed by atoms with Gasteiger partial charge in [-0.25, -0.2) is 8.42 Å². The van der Waals surface area contributed by atoms with E-state index in [1.807, 2.05) is 0 Å². The molecule has 5 nitrogen and oxygen atoms in total. The fourth-order valence-corrected chi connectivity index (χ4v) is 2.90. The number of carbonyl (C=O) groups is 1. The van der Waals surface area contributed by atoms with E-state index in [0.29, 0.717) is 5.02 Å². The number of esters is 1. The van der Waals surface area contributed by atoms with E-state index in [2.05, 4.69) is 0 Å². The molecule has 0 aliphatic rings.